The first kappa shape index (κ1) is 11.0. The molecule has 0 fully saturated rings. The maximum absolute atomic E-state index is 5.74. The Balaban J connectivity index is 2.02. The van der Waals surface area contributed by atoms with Crippen molar-refractivity contribution in [1.29, 1.82) is 0 Å². The Labute approximate surface area is 104 Å². The quantitative estimate of drug-likeness (QED) is 0.767. The first-order valence-electron chi connectivity index (χ1n) is 5.91. The third kappa shape index (κ3) is 1.91. The highest BCUT2D eigenvalue weighted by atomic mass is 16.4. The summed E-state index contributed by atoms with van der Waals surface area (Å²) < 4.78 is 11.3. The lowest BCUT2D eigenvalue weighted by Gasteiger charge is -1.90. The zero-order valence-electron chi connectivity index (χ0n) is 10.1. The molecule has 2 aromatic heterocycles. The van der Waals surface area contributed by atoms with Gasteiger partial charge in [0.2, 0.25) is 0 Å². The van der Waals surface area contributed by atoms with Crippen LogP contribution in [-0.4, -0.2) is 11.5 Å². The Bertz CT molecular complexity index is 682. The van der Waals surface area contributed by atoms with E-state index in [1.165, 1.54) is 5.56 Å². The van der Waals surface area contributed by atoms with Gasteiger partial charge in [-0.2, -0.15) is 0 Å². The minimum Gasteiger partial charge on any atom is -0.453 e. The third-order valence-electron chi connectivity index (χ3n) is 2.83. The summed E-state index contributed by atoms with van der Waals surface area (Å²) in [6.07, 6.45) is 2.31. The molecule has 2 heterocycles. The summed E-state index contributed by atoms with van der Waals surface area (Å²) in [5.41, 5.74) is 7.52. The number of furan rings is 1. The van der Waals surface area contributed by atoms with Crippen LogP contribution in [0.5, 0.6) is 0 Å². The molecular weight excluding hydrogens is 228 g/mol. The van der Waals surface area contributed by atoms with Gasteiger partial charge in [0.25, 0.3) is 0 Å². The summed E-state index contributed by atoms with van der Waals surface area (Å²) in [6, 6.07) is 8.04. The lowest BCUT2D eigenvalue weighted by atomic mass is 10.2. The van der Waals surface area contributed by atoms with Crippen molar-refractivity contribution in [3.63, 3.8) is 0 Å². The molecule has 2 N–H and O–H groups in total. The van der Waals surface area contributed by atoms with E-state index in [0.717, 1.165) is 11.0 Å². The molecule has 0 radical (unpaired) electrons. The molecule has 1 aromatic carbocycles. The fraction of sp³-hybridized carbons (Fsp3) is 0.214. The number of benzene rings is 1. The molecule has 0 unspecified atom stereocenters. The summed E-state index contributed by atoms with van der Waals surface area (Å²) in [4.78, 5) is 4.16. The van der Waals surface area contributed by atoms with E-state index in [-0.39, 0.29) is 0 Å². The van der Waals surface area contributed by atoms with E-state index in [1.54, 1.807) is 6.20 Å². The molecule has 0 saturated heterocycles. The molecule has 0 aliphatic rings. The number of hydrogen-bond acceptors (Lipinski definition) is 4. The van der Waals surface area contributed by atoms with Crippen LogP contribution in [0.15, 0.2) is 39.3 Å². The van der Waals surface area contributed by atoms with Gasteiger partial charge in [0.05, 0.1) is 6.20 Å². The largest absolute Gasteiger partial charge is 0.453 e. The topological polar surface area (TPSA) is 65.2 Å². The number of aryl methyl sites for hydroxylation is 1. The Hall–Kier alpha value is -2.07. The molecule has 0 amide bonds. The van der Waals surface area contributed by atoms with E-state index in [9.17, 15) is 0 Å². The van der Waals surface area contributed by atoms with Crippen LogP contribution in [0, 0.1) is 6.92 Å². The van der Waals surface area contributed by atoms with Crippen LogP contribution in [-0.2, 0) is 6.42 Å². The van der Waals surface area contributed by atoms with Crippen molar-refractivity contribution in [3.8, 4) is 11.5 Å². The van der Waals surface area contributed by atoms with Crippen molar-refractivity contribution in [3.05, 3.63) is 41.9 Å². The Morgan fingerprint density at radius 1 is 1.17 bits per heavy atom. The SMILES string of the molecule is Cc1ccc2oc(-c3cnc(CCN)o3)cc2c1. The van der Waals surface area contributed by atoms with Gasteiger partial charge in [-0.1, -0.05) is 11.6 Å². The first-order valence-corrected chi connectivity index (χ1v) is 5.91. The molecule has 0 aliphatic heterocycles. The second-order valence-corrected chi connectivity index (χ2v) is 4.31. The number of nitrogens with zero attached hydrogens (tertiary/aromatic N) is 1. The Kier molecular flexibility index (Phi) is 2.64. The Morgan fingerprint density at radius 3 is 2.89 bits per heavy atom. The maximum atomic E-state index is 5.74. The number of aromatic nitrogens is 1. The molecule has 0 saturated carbocycles. The monoisotopic (exact) mass is 242 g/mol. The summed E-state index contributed by atoms with van der Waals surface area (Å²) in [5, 5.41) is 1.07. The van der Waals surface area contributed by atoms with Crippen molar-refractivity contribution in [2.75, 3.05) is 6.54 Å². The molecule has 4 nitrogen and oxygen atoms in total. The van der Waals surface area contributed by atoms with Gasteiger partial charge in [-0.25, -0.2) is 4.98 Å². The van der Waals surface area contributed by atoms with Crippen LogP contribution in [0.4, 0.5) is 0 Å². The molecule has 4 heteroatoms. The van der Waals surface area contributed by atoms with Gasteiger partial charge in [-0.15, -0.1) is 0 Å². The predicted molar refractivity (Wildman–Crippen MR) is 69.2 cm³/mol. The van der Waals surface area contributed by atoms with E-state index in [4.69, 9.17) is 14.6 Å². The second kappa shape index (κ2) is 4.31. The zero-order chi connectivity index (χ0) is 12.5. The van der Waals surface area contributed by atoms with Gasteiger partial charge < -0.3 is 14.6 Å². The van der Waals surface area contributed by atoms with Crippen LogP contribution >= 0.6 is 0 Å². The summed E-state index contributed by atoms with van der Waals surface area (Å²) in [6.45, 7) is 2.58. The fourth-order valence-electron chi connectivity index (χ4n) is 1.95. The van der Waals surface area contributed by atoms with Crippen molar-refractivity contribution < 1.29 is 8.83 Å². The molecule has 0 spiro atoms. The highest BCUT2D eigenvalue weighted by Gasteiger charge is 2.11. The molecular formula is C14H14N2O2. The van der Waals surface area contributed by atoms with E-state index in [0.29, 0.717) is 30.4 Å². The van der Waals surface area contributed by atoms with Crippen LogP contribution in [0.2, 0.25) is 0 Å². The van der Waals surface area contributed by atoms with E-state index in [2.05, 4.69) is 18.0 Å². The smallest absolute Gasteiger partial charge is 0.196 e. The molecule has 92 valence electrons. The molecule has 0 bridgehead atoms. The van der Waals surface area contributed by atoms with Crippen molar-refractivity contribution >= 4 is 11.0 Å². The van der Waals surface area contributed by atoms with Crippen LogP contribution < -0.4 is 5.73 Å². The van der Waals surface area contributed by atoms with Gasteiger partial charge in [-0.3, -0.25) is 0 Å². The molecule has 3 aromatic rings. The van der Waals surface area contributed by atoms with Gasteiger partial charge >= 0.3 is 0 Å². The number of oxazole rings is 1. The van der Waals surface area contributed by atoms with Crippen LogP contribution in [0.25, 0.3) is 22.5 Å². The summed E-state index contributed by atoms with van der Waals surface area (Å²) in [7, 11) is 0. The zero-order valence-corrected chi connectivity index (χ0v) is 10.1. The second-order valence-electron chi connectivity index (χ2n) is 4.31. The van der Waals surface area contributed by atoms with E-state index < -0.39 is 0 Å². The lowest BCUT2D eigenvalue weighted by Crippen LogP contribution is -2.02. The minimum atomic E-state index is 0.527. The molecule has 18 heavy (non-hydrogen) atoms. The van der Waals surface area contributed by atoms with Crippen LogP contribution in [0.3, 0.4) is 0 Å². The Morgan fingerprint density at radius 2 is 2.06 bits per heavy atom. The lowest BCUT2D eigenvalue weighted by molar-refractivity contribution is 0.490. The number of rotatable bonds is 3. The summed E-state index contributed by atoms with van der Waals surface area (Å²) in [5.74, 6) is 1.99. The fourth-order valence-corrected chi connectivity index (χ4v) is 1.95. The number of nitrogens with two attached hydrogens (primary N) is 1. The highest BCUT2D eigenvalue weighted by molar-refractivity contribution is 5.82. The normalized spacial score (nSPS) is 11.2. The maximum Gasteiger partial charge on any atom is 0.196 e. The van der Waals surface area contributed by atoms with Gasteiger partial charge in [0.15, 0.2) is 17.4 Å². The predicted octanol–water partition coefficient (Wildman–Crippen LogP) is 2.90. The van der Waals surface area contributed by atoms with Gasteiger partial charge in [0.1, 0.15) is 5.58 Å². The van der Waals surface area contributed by atoms with Crippen molar-refractivity contribution in [1.82, 2.24) is 4.98 Å². The van der Waals surface area contributed by atoms with E-state index >= 15 is 0 Å². The standard InChI is InChI=1S/C14H14N2O2/c1-9-2-3-11-10(6-9)7-12(17-11)13-8-16-14(18-13)4-5-15/h2-3,6-8H,4-5,15H2,1H3. The van der Waals surface area contributed by atoms with Gasteiger partial charge in [0, 0.05) is 18.4 Å². The van der Waals surface area contributed by atoms with E-state index in [1.807, 2.05) is 18.2 Å². The molecule has 0 aliphatic carbocycles. The molecule has 3 rings (SSSR count). The third-order valence-corrected chi connectivity index (χ3v) is 2.83. The number of hydrogen-bond donors (Lipinski definition) is 1. The van der Waals surface area contributed by atoms with Crippen molar-refractivity contribution in [2.24, 2.45) is 5.73 Å². The number of fused-ring (bicyclic) bond motifs is 1. The van der Waals surface area contributed by atoms with Crippen LogP contribution in [0.1, 0.15) is 11.5 Å². The van der Waals surface area contributed by atoms with Crippen molar-refractivity contribution in [2.45, 2.75) is 13.3 Å². The molecule has 0 atom stereocenters. The first-order chi connectivity index (χ1) is 8.76. The average molecular weight is 242 g/mol. The average Bonchev–Trinajstić information content (AvgIpc) is 2.94. The summed E-state index contributed by atoms with van der Waals surface area (Å²) >= 11 is 0. The minimum absolute atomic E-state index is 0.527. The van der Waals surface area contributed by atoms with Gasteiger partial charge in [-0.05, 0) is 25.1 Å². The highest BCUT2D eigenvalue weighted by Crippen LogP contribution is 2.28.